The lowest BCUT2D eigenvalue weighted by molar-refractivity contribution is 1.17. The number of hydrogen-bond acceptors (Lipinski definition) is 0. The van der Waals surface area contributed by atoms with Gasteiger partial charge in [-0.1, -0.05) is 72.3 Å². The molecular formula is C26H19N. The van der Waals surface area contributed by atoms with Gasteiger partial charge < -0.3 is 4.57 Å². The average Bonchev–Trinajstić information content (AvgIpc) is 3.24. The maximum absolute atomic E-state index is 2.45. The van der Waals surface area contributed by atoms with Crippen LogP contribution in [0, 0.1) is 6.92 Å². The lowest BCUT2D eigenvalue weighted by atomic mass is 10.0. The molecule has 128 valence electrons. The molecule has 0 spiro atoms. The van der Waals surface area contributed by atoms with Crippen LogP contribution in [-0.2, 0) is 6.42 Å². The first-order valence-corrected chi connectivity index (χ1v) is 9.51. The van der Waals surface area contributed by atoms with Crippen LogP contribution >= 0.6 is 0 Å². The second-order valence-corrected chi connectivity index (χ2v) is 7.52. The number of fused-ring (bicyclic) bond motifs is 7. The number of rotatable bonds is 1. The second-order valence-electron chi connectivity index (χ2n) is 7.52. The monoisotopic (exact) mass is 345 g/mol. The number of para-hydroxylation sites is 1. The highest BCUT2D eigenvalue weighted by atomic mass is 15.0. The molecule has 0 fully saturated rings. The Labute approximate surface area is 158 Å². The van der Waals surface area contributed by atoms with Crippen LogP contribution in [0.25, 0.3) is 38.6 Å². The van der Waals surface area contributed by atoms with Gasteiger partial charge in [-0.25, -0.2) is 0 Å². The van der Waals surface area contributed by atoms with Gasteiger partial charge in [0.1, 0.15) is 0 Å². The van der Waals surface area contributed by atoms with Crippen LogP contribution in [-0.4, -0.2) is 4.57 Å². The topological polar surface area (TPSA) is 4.93 Å². The summed E-state index contributed by atoms with van der Waals surface area (Å²) in [6.07, 6.45) is 1.02. The molecule has 0 amide bonds. The third-order valence-electron chi connectivity index (χ3n) is 5.88. The molecule has 0 bridgehead atoms. The Bertz CT molecular complexity index is 1340. The van der Waals surface area contributed by atoms with Crippen molar-refractivity contribution >= 4 is 21.8 Å². The predicted octanol–water partition coefficient (Wildman–Crippen LogP) is 6.66. The Morgan fingerprint density at radius 2 is 1.44 bits per heavy atom. The van der Waals surface area contributed by atoms with E-state index in [-0.39, 0.29) is 0 Å². The summed E-state index contributed by atoms with van der Waals surface area (Å²) in [5, 5.41) is 2.65. The number of aromatic nitrogens is 1. The van der Waals surface area contributed by atoms with E-state index in [1.807, 2.05) is 0 Å². The van der Waals surface area contributed by atoms with Crippen molar-refractivity contribution in [3.63, 3.8) is 0 Å². The fourth-order valence-electron chi connectivity index (χ4n) is 4.63. The molecule has 0 radical (unpaired) electrons. The van der Waals surface area contributed by atoms with Crippen LogP contribution in [0.3, 0.4) is 0 Å². The van der Waals surface area contributed by atoms with Crippen molar-refractivity contribution in [1.82, 2.24) is 4.57 Å². The van der Waals surface area contributed by atoms with Gasteiger partial charge in [-0.15, -0.1) is 0 Å². The molecule has 1 aromatic heterocycles. The Hall–Kier alpha value is -3.32. The molecule has 1 aliphatic carbocycles. The van der Waals surface area contributed by atoms with Crippen LogP contribution in [0.1, 0.15) is 16.7 Å². The molecule has 0 atom stereocenters. The molecule has 1 nitrogen and oxygen atoms in total. The third-order valence-corrected chi connectivity index (χ3v) is 5.88. The summed E-state index contributed by atoms with van der Waals surface area (Å²) in [5.41, 5.74) is 10.8. The summed E-state index contributed by atoms with van der Waals surface area (Å²) in [6, 6.07) is 31.1. The van der Waals surface area contributed by atoms with E-state index in [1.54, 1.807) is 0 Å². The molecule has 1 heteroatoms. The van der Waals surface area contributed by atoms with E-state index in [4.69, 9.17) is 0 Å². The quantitative estimate of drug-likeness (QED) is 0.314. The Morgan fingerprint density at radius 1 is 0.667 bits per heavy atom. The highest BCUT2D eigenvalue weighted by Crippen LogP contribution is 2.45. The zero-order valence-electron chi connectivity index (χ0n) is 15.2. The number of nitrogens with zero attached hydrogens (tertiary/aromatic N) is 1. The Kier molecular flexibility index (Phi) is 2.93. The van der Waals surface area contributed by atoms with E-state index >= 15 is 0 Å². The van der Waals surface area contributed by atoms with Crippen molar-refractivity contribution in [3.05, 3.63) is 102 Å². The summed E-state index contributed by atoms with van der Waals surface area (Å²) < 4.78 is 2.45. The maximum Gasteiger partial charge on any atom is 0.0622 e. The number of aryl methyl sites for hydroxylation is 1. The van der Waals surface area contributed by atoms with Gasteiger partial charge in [-0.3, -0.25) is 0 Å². The van der Waals surface area contributed by atoms with Crippen LogP contribution in [0.2, 0.25) is 0 Å². The number of benzene rings is 4. The molecule has 27 heavy (non-hydrogen) atoms. The van der Waals surface area contributed by atoms with E-state index in [0.29, 0.717) is 0 Å². The summed E-state index contributed by atoms with van der Waals surface area (Å²) in [7, 11) is 0. The van der Waals surface area contributed by atoms with Crippen molar-refractivity contribution in [1.29, 1.82) is 0 Å². The van der Waals surface area contributed by atoms with Gasteiger partial charge in [0.05, 0.1) is 11.0 Å². The van der Waals surface area contributed by atoms with Crippen LogP contribution in [0.15, 0.2) is 84.9 Å². The molecule has 5 aromatic rings. The Morgan fingerprint density at radius 3 is 2.33 bits per heavy atom. The first-order chi connectivity index (χ1) is 13.3. The van der Waals surface area contributed by atoms with Gasteiger partial charge in [0, 0.05) is 22.0 Å². The molecule has 0 unspecified atom stereocenters. The highest BCUT2D eigenvalue weighted by molar-refractivity contribution is 6.15. The molecular weight excluding hydrogens is 326 g/mol. The molecule has 4 aromatic carbocycles. The molecule has 0 N–H and O–H groups in total. The van der Waals surface area contributed by atoms with Gasteiger partial charge in [0.15, 0.2) is 0 Å². The summed E-state index contributed by atoms with van der Waals surface area (Å²) in [6.45, 7) is 2.14. The average molecular weight is 345 g/mol. The van der Waals surface area contributed by atoms with Crippen molar-refractivity contribution in [3.8, 4) is 16.8 Å². The van der Waals surface area contributed by atoms with Gasteiger partial charge in [-0.2, -0.15) is 0 Å². The van der Waals surface area contributed by atoms with Crippen LogP contribution in [0.4, 0.5) is 0 Å². The van der Waals surface area contributed by atoms with Gasteiger partial charge >= 0.3 is 0 Å². The van der Waals surface area contributed by atoms with E-state index in [9.17, 15) is 0 Å². The molecule has 1 heterocycles. The molecule has 0 saturated carbocycles. The largest absolute Gasteiger partial charge is 0.309 e. The van der Waals surface area contributed by atoms with Crippen molar-refractivity contribution in [2.45, 2.75) is 13.3 Å². The highest BCUT2D eigenvalue weighted by Gasteiger charge is 2.24. The maximum atomic E-state index is 2.45. The lowest BCUT2D eigenvalue weighted by Crippen LogP contribution is -1.95. The molecule has 6 rings (SSSR count). The summed E-state index contributed by atoms with van der Waals surface area (Å²) in [4.78, 5) is 0. The van der Waals surface area contributed by atoms with Gasteiger partial charge in [0.2, 0.25) is 0 Å². The van der Waals surface area contributed by atoms with Crippen molar-refractivity contribution in [2.75, 3.05) is 0 Å². The smallest absolute Gasteiger partial charge is 0.0622 e. The fourth-order valence-corrected chi connectivity index (χ4v) is 4.63. The summed E-state index contributed by atoms with van der Waals surface area (Å²) >= 11 is 0. The van der Waals surface area contributed by atoms with Crippen LogP contribution < -0.4 is 0 Å². The van der Waals surface area contributed by atoms with E-state index < -0.39 is 0 Å². The third kappa shape index (κ3) is 2.00. The first-order valence-electron chi connectivity index (χ1n) is 9.51. The van der Waals surface area contributed by atoms with Crippen molar-refractivity contribution in [2.24, 2.45) is 0 Å². The van der Waals surface area contributed by atoms with Gasteiger partial charge in [0.25, 0.3) is 0 Å². The molecule has 0 aliphatic heterocycles. The van der Waals surface area contributed by atoms with Gasteiger partial charge in [-0.05, 0) is 48.2 Å². The van der Waals surface area contributed by atoms with E-state index in [2.05, 4.69) is 96.4 Å². The molecule has 0 saturated heterocycles. The van der Waals surface area contributed by atoms with Crippen LogP contribution in [0.5, 0.6) is 0 Å². The lowest BCUT2D eigenvalue weighted by Gasteiger charge is -2.12. The first kappa shape index (κ1) is 14.8. The standard InChI is InChI=1S/C26H19N/c1-17-10-13-20(14-11-17)27-24-9-5-4-8-22(24)23-15-12-19-16-18-6-2-3-7-21(18)25(19)26(23)27/h2-15H,16H2,1H3. The predicted molar refractivity (Wildman–Crippen MR) is 114 cm³/mol. The fraction of sp³-hybridized carbons (Fsp3) is 0.0769. The Balaban J connectivity index is 1.83. The number of hydrogen-bond donors (Lipinski definition) is 0. The zero-order chi connectivity index (χ0) is 18.0. The zero-order valence-corrected chi connectivity index (χ0v) is 15.2. The SMILES string of the molecule is Cc1ccc(-n2c3ccccc3c3ccc4c(c32)-c2ccccc2C4)cc1. The van der Waals surface area contributed by atoms with E-state index in [1.165, 1.54) is 55.3 Å². The minimum Gasteiger partial charge on any atom is -0.309 e. The second kappa shape index (κ2) is 5.34. The normalized spacial score (nSPS) is 12.5. The van der Waals surface area contributed by atoms with Crippen molar-refractivity contribution < 1.29 is 0 Å². The molecule has 1 aliphatic rings. The van der Waals surface area contributed by atoms with E-state index in [0.717, 1.165) is 6.42 Å². The minimum atomic E-state index is 1.02. The minimum absolute atomic E-state index is 1.02. The summed E-state index contributed by atoms with van der Waals surface area (Å²) in [5.74, 6) is 0.